The molecule has 0 aliphatic heterocycles. The monoisotopic (exact) mass is 204 g/mol. The molecule has 1 rings (SSSR count). The van der Waals surface area contributed by atoms with Crippen LogP contribution in [0.3, 0.4) is 0 Å². The zero-order valence-corrected chi connectivity index (χ0v) is 8.22. The molecule has 0 saturated carbocycles. The van der Waals surface area contributed by atoms with E-state index in [0.717, 1.165) is 5.56 Å². The summed E-state index contributed by atoms with van der Waals surface area (Å²) in [5.41, 5.74) is 0.965. The van der Waals surface area contributed by atoms with E-state index in [4.69, 9.17) is 9.84 Å². The highest BCUT2D eigenvalue weighted by Gasteiger charge is 2.04. The number of hydrogen-bond donors (Lipinski definition) is 1. The summed E-state index contributed by atoms with van der Waals surface area (Å²) in [6.07, 6.45) is 2.93. The Kier molecular flexibility index (Phi) is 4.31. The summed E-state index contributed by atoms with van der Waals surface area (Å²) >= 11 is 0. The number of hydrogen-bond acceptors (Lipinski definition) is 3. The molecule has 0 aliphatic carbocycles. The van der Waals surface area contributed by atoms with Crippen LogP contribution in [-0.4, -0.2) is 17.7 Å². The zero-order chi connectivity index (χ0) is 11.1. The van der Waals surface area contributed by atoms with Gasteiger partial charge >= 0.3 is 5.97 Å². The molecule has 0 bridgehead atoms. The maximum Gasteiger partial charge on any atom is 0.340 e. The maximum absolute atomic E-state index is 11.0. The molecule has 3 heteroatoms. The van der Waals surface area contributed by atoms with Gasteiger partial charge in [-0.15, -0.1) is 0 Å². The Morgan fingerprint density at radius 1 is 1.40 bits per heavy atom. The van der Waals surface area contributed by atoms with Crippen LogP contribution in [-0.2, 0) is 9.53 Å². The van der Waals surface area contributed by atoms with Gasteiger partial charge in [0.1, 0.15) is 0 Å². The summed E-state index contributed by atoms with van der Waals surface area (Å²) in [4.78, 5) is 11.0. The van der Waals surface area contributed by atoms with Crippen molar-refractivity contribution in [1.82, 2.24) is 0 Å². The Morgan fingerprint density at radius 2 is 2.07 bits per heavy atom. The molecule has 15 heavy (non-hydrogen) atoms. The van der Waals surface area contributed by atoms with E-state index in [1.807, 2.05) is 30.3 Å². The Balaban J connectivity index is 2.47. The van der Waals surface area contributed by atoms with Crippen molar-refractivity contribution in [3.8, 4) is 0 Å². The highest BCUT2D eigenvalue weighted by molar-refractivity contribution is 5.88. The number of ether oxygens (including phenoxy) is 1. The van der Waals surface area contributed by atoms with E-state index in [9.17, 15) is 4.79 Å². The normalized spacial score (nSPS) is 10.2. The minimum Gasteiger partial charge on any atom is -0.431 e. The quantitative estimate of drug-likeness (QED) is 0.461. The van der Waals surface area contributed by atoms with Crippen LogP contribution in [0.15, 0.2) is 48.7 Å². The van der Waals surface area contributed by atoms with Crippen LogP contribution in [0, 0.1) is 0 Å². The summed E-state index contributed by atoms with van der Waals surface area (Å²) in [5, 5.41) is 8.60. The Morgan fingerprint density at radius 3 is 2.67 bits per heavy atom. The average molecular weight is 204 g/mol. The molecule has 0 radical (unpaired) electrons. The fourth-order valence-corrected chi connectivity index (χ4v) is 0.886. The van der Waals surface area contributed by atoms with Crippen molar-refractivity contribution in [2.45, 2.75) is 0 Å². The van der Waals surface area contributed by atoms with E-state index in [2.05, 4.69) is 6.58 Å². The van der Waals surface area contributed by atoms with E-state index in [0.29, 0.717) is 0 Å². The van der Waals surface area contributed by atoms with E-state index in [1.165, 1.54) is 6.26 Å². The van der Waals surface area contributed by atoms with Crippen molar-refractivity contribution in [2.75, 3.05) is 6.61 Å². The second-order valence-electron chi connectivity index (χ2n) is 2.88. The minimum atomic E-state index is -0.621. The topological polar surface area (TPSA) is 46.5 Å². The van der Waals surface area contributed by atoms with Crippen molar-refractivity contribution in [3.63, 3.8) is 0 Å². The van der Waals surface area contributed by atoms with Crippen LogP contribution in [0.5, 0.6) is 0 Å². The number of aliphatic hydroxyl groups is 1. The molecule has 1 aromatic rings. The predicted molar refractivity (Wildman–Crippen MR) is 57.8 cm³/mol. The van der Waals surface area contributed by atoms with Gasteiger partial charge in [0.2, 0.25) is 0 Å². The average Bonchev–Trinajstić information content (AvgIpc) is 2.29. The first-order valence-electron chi connectivity index (χ1n) is 4.45. The Labute approximate surface area is 88.3 Å². The maximum atomic E-state index is 11.0. The van der Waals surface area contributed by atoms with E-state index < -0.39 is 12.6 Å². The summed E-state index contributed by atoms with van der Waals surface area (Å²) in [6.45, 7) is 2.95. The van der Waals surface area contributed by atoms with Gasteiger partial charge in [-0.05, 0) is 11.6 Å². The van der Waals surface area contributed by atoms with E-state index in [1.54, 1.807) is 6.08 Å². The second-order valence-corrected chi connectivity index (χ2v) is 2.88. The number of esters is 1. The smallest absolute Gasteiger partial charge is 0.340 e. The molecule has 0 saturated heterocycles. The summed E-state index contributed by atoms with van der Waals surface area (Å²) in [5.74, 6) is -0.621. The summed E-state index contributed by atoms with van der Waals surface area (Å²) < 4.78 is 4.72. The lowest BCUT2D eigenvalue weighted by Gasteiger charge is -1.98. The van der Waals surface area contributed by atoms with Crippen molar-refractivity contribution >= 4 is 12.0 Å². The van der Waals surface area contributed by atoms with Gasteiger partial charge in [0.25, 0.3) is 0 Å². The van der Waals surface area contributed by atoms with Crippen LogP contribution < -0.4 is 0 Å². The van der Waals surface area contributed by atoms with Crippen LogP contribution in [0.25, 0.3) is 6.08 Å². The lowest BCUT2D eigenvalue weighted by atomic mass is 10.2. The molecule has 0 atom stereocenters. The lowest BCUT2D eigenvalue weighted by molar-refractivity contribution is -0.133. The molecule has 0 aliphatic rings. The fraction of sp³-hybridized carbons (Fsp3) is 0.0833. The molecule has 0 aromatic heterocycles. The number of carbonyl (C=O) groups excluding carboxylic acids is 1. The molecule has 0 heterocycles. The first-order chi connectivity index (χ1) is 7.24. The van der Waals surface area contributed by atoms with Crippen LogP contribution in [0.4, 0.5) is 0 Å². The van der Waals surface area contributed by atoms with Gasteiger partial charge in [0.15, 0.2) is 0 Å². The molecule has 0 unspecified atom stereocenters. The Bertz CT molecular complexity index is 366. The molecule has 3 nitrogen and oxygen atoms in total. The predicted octanol–water partition coefficient (Wildman–Crippen LogP) is 1.75. The van der Waals surface area contributed by atoms with Gasteiger partial charge in [-0.2, -0.15) is 0 Å². The Hall–Kier alpha value is -1.87. The molecular formula is C12H12O3. The number of carbonyl (C=O) groups is 1. The highest BCUT2D eigenvalue weighted by Crippen LogP contribution is 2.02. The van der Waals surface area contributed by atoms with Gasteiger partial charge in [0.05, 0.1) is 18.4 Å². The zero-order valence-electron chi connectivity index (χ0n) is 8.22. The third-order valence-corrected chi connectivity index (χ3v) is 1.71. The van der Waals surface area contributed by atoms with E-state index >= 15 is 0 Å². The molecule has 0 amide bonds. The summed E-state index contributed by atoms with van der Waals surface area (Å²) in [7, 11) is 0. The van der Waals surface area contributed by atoms with Gasteiger partial charge in [-0.3, -0.25) is 0 Å². The number of benzene rings is 1. The van der Waals surface area contributed by atoms with Gasteiger partial charge in [-0.25, -0.2) is 4.79 Å². The molecule has 0 spiro atoms. The van der Waals surface area contributed by atoms with Crippen molar-refractivity contribution < 1.29 is 14.6 Å². The first-order valence-corrected chi connectivity index (χ1v) is 4.45. The van der Waals surface area contributed by atoms with Crippen LogP contribution in [0.1, 0.15) is 5.56 Å². The highest BCUT2D eigenvalue weighted by atomic mass is 16.5. The SMILES string of the molecule is C=C(CO)C(=O)OC=Cc1ccccc1. The van der Waals surface area contributed by atoms with Crippen molar-refractivity contribution in [2.24, 2.45) is 0 Å². The molecule has 0 fully saturated rings. The van der Waals surface area contributed by atoms with Gasteiger partial charge < -0.3 is 9.84 Å². The third-order valence-electron chi connectivity index (χ3n) is 1.71. The second kappa shape index (κ2) is 5.78. The molecule has 1 N–H and O–H groups in total. The van der Waals surface area contributed by atoms with Crippen LogP contribution >= 0.6 is 0 Å². The largest absolute Gasteiger partial charge is 0.431 e. The molecular weight excluding hydrogens is 192 g/mol. The minimum absolute atomic E-state index is 0.0349. The van der Waals surface area contributed by atoms with Crippen molar-refractivity contribution in [3.05, 3.63) is 54.3 Å². The molecule has 1 aromatic carbocycles. The van der Waals surface area contributed by atoms with Crippen molar-refractivity contribution in [1.29, 1.82) is 0 Å². The fourth-order valence-electron chi connectivity index (χ4n) is 0.886. The standard InChI is InChI=1S/C12H12O3/c1-10(9-13)12(14)15-8-7-11-5-3-2-4-6-11/h2-8,13H,1,9H2. The van der Waals surface area contributed by atoms with Gasteiger partial charge in [-0.1, -0.05) is 36.9 Å². The lowest BCUT2D eigenvalue weighted by Crippen LogP contribution is -2.05. The first kappa shape index (κ1) is 11.2. The van der Waals surface area contributed by atoms with Crippen LogP contribution in [0.2, 0.25) is 0 Å². The third kappa shape index (κ3) is 3.79. The van der Waals surface area contributed by atoms with E-state index in [-0.39, 0.29) is 5.57 Å². The summed E-state index contributed by atoms with van der Waals surface area (Å²) in [6, 6.07) is 9.43. The van der Waals surface area contributed by atoms with Gasteiger partial charge in [0, 0.05) is 0 Å². The number of rotatable bonds is 4. The number of aliphatic hydroxyl groups excluding tert-OH is 1. The molecule has 78 valence electrons.